The molecule has 1 aliphatic heterocycles. The maximum Gasteiger partial charge on any atom is 0.335 e. The lowest BCUT2D eigenvalue weighted by atomic mass is 10.0. The molecule has 5 rings (SSSR count). The van der Waals surface area contributed by atoms with Crippen LogP contribution in [0.3, 0.4) is 0 Å². The highest BCUT2D eigenvalue weighted by Gasteiger charge is 2.35. The topological polar surface area (TPSA) is 117 Å². The Bertz CT molecular complexity index is 1420. The molecule has 9 nitrogen and oxygen atoms in total. The van der Waals surface area contributed by atoms with Gasteiger partial charge in [-0.05, 0) is 35.4 Å². The molecule has 2 N–H and O–H groups in total. The van der Waals surface area contributed by atoms with Gasteiger partial charge in [-0.1, -0.05) is 42.5 Å². The van der Waals surface area contributed by atoms with E-state index in [2.05, 4.69) is 15.3 Å². The number of pyridine rings is 1. The van der Waals surface area contributed by atoms with E-state index in [1.54, 1.807) is 41.7 Å². The number of fused-ring (bicyclic) bond motifs is 1. The van der Waals surface area contributed by atoms with E-state index in [4.69, 9.17) is 0 Å². The number of amides is 2. The molecule has 9 heteroatoms. The molecule has 0 saturated heterocycles. The average Bonchev–Trinajstić information content (AvgIpc) is 3.36. The monoisotopic (exact) mass is 481 g/mol. The maximum atomic E-state index is 13.6. The lowest BCUT2D eigenvalue weighted by molar-refractivity contribution is 0.0658. The lowest BCUT2D eigenvalue weighted by Crippen LogP contribution is -2.42. The summed E-state index contributed by atoms with van der Waals surface area (Å²) in [6.45, 7) is 1.14. The minimum atomic E-state index is -1.10. The Morgan fingerprint density at radius 1 is 0.972 bits per heavy atom. The van der Waals surface area contributed by atoms with Crippen molar-refractivity contribution in [1.82, 2.24) is 24.8 Å². The Morgan fingerprint density at radius 2 is 1.78 bits per heavy atom. The number of benzene rings is 2. The molecular weight excluding hydrogens is 458 g/mol. The van der Waals surface area contributed by atoms with Crippen molar-refractivity contribution in [3.05, 3.63) is 119 Å². The van der Waals surface area contributed by atoms with Crippen LogP contribution in [0.25, 0.3) is 0 Å². The summed E-state index contributed by atoms with van der Waals surface area (Å²) in [5.74, 6) is -1.15. The van der Waals surface area contributed by atoms with Crippen LogP contribution in [0.15, 0.2) is 85.3 Å². The molecule has 1 aliphatic rings. The zero-order valence-corrected chi connectivity index (χ0v) is 19.2. The second kappa shape index (κ2) is 9.83. The van der Waals surface area contributed by atoms with E-state index in [1.165, 1.54) is 12.1 Å². The number of nitrogens with zero attached hydrogens (tertiary/aromatic N) is 4. The van der Waals surface area contributed by atoms with E-state index in [0.29, 0.717) is 25.5 Å². The fourth-order valence-electron chi connectivity index (χ4n) is 4.33. The summed E-state index contributed by atoms with van der Waals surface area (Å²) in [6, 6.07) is 18.6. The van der Waals surface area contributed by atoms with E-state index in [0.717, 1.165) is 11.1 Å². The van der Waals surface area contributed by atoms with Crippen molar-refractivity contribution >= 4 is 17.8 Å². The van der Waals surface area contributed by atoms with Crippen molar-refractivity contribution in [2.45, 2.75) is 19.1 Å². The molecule has 4 aromatic rings. The Morgan fingerprint density at radius 3 is 2.53 bits per heavy atom. The number of hydrogen-bond donors (Lipinski definition) is 2. The number of carbonyl (C=O) groups excluding carboxylic acids is 2. The molecule has 2 aromatic carbocycles. The van der Waals surface area contributed by atoms with E-state index >= 15 is 0 Å². The van der Waals surface area contributed by atoms with Crippen molar-refractivity contribution in [3.8, 4) is 0 Å². The summed E-state index contributed by atoms with van der Waals surface area (Å²) in [5.41, 5.74) is 2.30. The number of aromatic nitrogens is 3. The van der Waals surface area contributed by atoms with Crippen LogP contribution in [0.2, 0.25) is 0 Å². The maximum absolute atomic E-state index is 13.6. The second-order valence-corrected chi connectivity index (χ2v) is 8.42. The second-order valence-electron chi connectivity index (χ2n) is 8.42. The van der Waals surface area contributed by atoms with Gasteiger partial charge in [0.15, 0.2) is 0 Å². The Hall–Kier alpha value is -4.79. The Balaban J connectivity index is 1.46. The number of rotatable bonds is 6. The number of aromatic carboxylic acids is 1. The highest BCUT2D eigenvalue weighted by atomic mass is 16.4. The van der Waals surface area contributed by atoms with Gasteiger partial charge in [-0.15, -0.1) is 0 Å². The first-order valence-corrected chi connectivity index (χ1v) is 11.4. The van der Waals surface area contributed by atoms with E-state index < -0.39 is 12.0 Å². The summed E-state index contributed by atoms with van der Waals surface area (Å²) in [7, 11) is 0. The third-order valence-electron chi connectivity index (χ3n) is 6.09. The third-order valence-corrected chi connectivity index (χ3v) is 6.09. The highest BCUT2D eigenvalue weighted by molar-refractivity contribution is 5.98. The molecule has 0 fully saturated rings. The fourth-order valence-corrected chi connectivity index (χ4v) is 4.33. The van der Waals surface area contributed by atoms with Crippen LogP contribution in [0.5, 0.6) is 0 Å². The van der Waals surface area contributed by atoms with Crippen LogP contribution < -0.4 is 5.32 Å². The normalized spacial score (nSPS) is 14.7. The number of imidazole rings is 1. The van der Waals surface area contributed by atoms with Gasteiger partial charge in [0.2, 0.25) is 0 Å². The highest BCUT2D eigenvalue weighted by Crippen LogP contribution is 2.33. The Labute approximate surface area is 207 Å². The summed E-state index contributed by atoms with van der Waals surface area (Å²) >= 11 is 0. The largest absolute Gasteiger partial charge is 0.478 e. The van der Waals surface area contributed by atoms with Gasteiger partial charge >= 0.3 is 5.97 Å². The first kappa shape index (κ1) is 23.0. The molecule has 3 heterocycles. The molecule has 1 atom stereocenters. The van der Waals surface area contributed by atoms with E-state index in [1.807, 2.05) is 41.0 Å². The minimum absolute atomic E-state index is 0.0446. The number of nitrogens with one attached hydrogen (secondary N) is 1. The van der Waals surface area contributed by atoms with Crippen molar-refractivity contribution in [3.63, 3.8) is 0 Å². The molecule has 0 saturated carbocycles. The van der Waals surface area contributed by atoms with Gasteiger partial charge in [-0.25, -0.2) is 9.78 Å². The number of carboxylic acids is 1. The predicted octanol–water partition coefficient (Wildman–Crippen LogP) is 3.15. The van der Waals surface area contributed by atoms with Crippen molar-refractivity contribution in [2.75, 3.05) is 6.54 Å². The van der Waals surface area contributed by atoms with E-state index in [-0.39, 0.29) is 28.6 Å². The molecule has 0 spiro atoms. The molecule has 0 radical (unpaired) electrons. The van der Waals surface area contributed by atoms with E-state index in [9.17, 15) is 19.5 Å². The smallest absolute Gasteiger partial charge is 0.335 e. The molecule has 2 amide bonds. The van der Waals surface area contributed by atoms with Crippen molar-refractivity contribution < 1.29 is 19.5 Å². The molecule has 36 heavy (non-hydrogen) atoms. The van der Waals surface area contributed by atoms with Gasteiger partial charge in [0, 0.05) is 43.8 Å². The first-order valence-electron chi connectivity index (χ1n) is 11.4. The van der Waals surface area contributed by atoms with Gasteiger partial charge in [0.1, 0.15) is 17.6 Å². The number of carboxylic acid groups (broad SMARTS) is 1. The minimum Gasteiger partial charge on any atom is -0.478 e. The summed E-state index contributed by atoms with van der Waals surface area (Å²) in [6.07, 6.45) is 5.06. The molecule has 0 bridgehead atoms. The van der Waals surface area contributed by atoms with Gasteiger partial charge < -0.3 is 19.9 Å². The van der Waals surface area contributed by atoms with Gasteiger partial charge in [-0.3, -0.25) is 14.6 Å². The summed E-state index contributed by atoms with van der Waals surface area (Å²) in [4.78, 5) is 48.3. The van der Waals surface area contributed by atoms with Gasteiger partial charge in [-0.2, -0.15) is 0 Å². The van der Waals surface area contributed by atoms with Crippen LogP contribution in [-0.2, 0) is 13.1 Å². The van der Waals surface area contributed by atoms with Crippen molar-refractivity contribution in [1.29, 1.82) is 0 Å². The first-order chi connectivity index (χ1) is 17.5. The third kappa shape index (κ3) is 4.58. The zero-order chi connectivity index (χ0) is 25.1. The predicted molar refractivity (Wildman–Crippen MR) is 130 cm³/mol. The number of carbonyl (C=O) groups is 3. The molecular formula is C27H23N5O4. The SMILES string of the molecule is O=C(O)c1cccc(C(=O)N2CCn3cc(C(=O)NCc4cccnc4)nc3C2c2ccccc2)c1. The zero-order valence-electron chi connectivity index (χ0n) is 19.2. The number of hydrogen-bond acceptors (Lipinski definition) is 5. The Kier molecular flexibility index (Phi) is 6.27. The van der Waals surface area contributed by atoms with Gasteiger partial charge in [0.05, 0.1) is 5.56 Å². The quantitative estimate of drug-likeness (QED) is 0.437. The molecule has 180 valence electrons. The summed E-state index contributed by atoms with van der Waals surface area (Å²) in [5, 5.41) is 12.2. The van der Waals surface area contributed by atoms with Crippen LogP contribution in [0.4, 0.5) is 0 Å². The van der Waals surface area contributed by atoms with Crippen LogP contribution in [0, 0.1) is 0 Å². The molecule has 0 aliphatic carbocycles. The van der Waals surface area contributed by atoms with Crippen LogP contribution >= 0.6 is 0 Å². The van der Waals surface area contributed by atoms with Crippen LogP contribution in [0.1, 0.15) is 54.2 Å². The lowest BCUT2D eigenvalue weighted by Gasteiger charge is -2.36. The average molecular weight is 482 g/mol. The van der Waals surface area contributed by atoms with Crippen molar-refractivity contribution in [2.24, 2.45) is 0 Å². The van der Waals surface area contributed by atoms with Crippen LogP contribution in [-0.4, -0.2) is 48.9 Å². The molecule has 2 aromatic heterocycles. The molecule has 1 unspecified atom stereocenters. The fraction of sp³-hybridized carbons (Fsp3) is 0.148. The standard InChI is InChI=1S/C27H23N5O4/c33-25(29-16-18-6-5-11-28-15-18)22-17-31-12-13-32(23(24(31)30-22)19-7-2-1-3-8-19)26(34)20-9-4-10-21(14-20)27(35)36/h1-11,14-15,17,23H,12-13,16H2,(H,29,33)(H,35,36). The van der Waals surface area contributed by atoms with Gasteiger partial charge in [0.25, 0.3) is 11.8 Å². The summed E-state index contributed by atoms with van der Waals surface area (Å²) < 4.78 is 1.90.